The van der Waals surface area contributed by atoms with E-state index in [4.69, 9.17) is 14.6 Å². The van der Waals surface area contributed by atoms with E-state index >= 15 is 0 Å². The van der Waals surface area contributed by atoms with E-state index in [0.29, 0.717) is 18.8 Å². The number of halogens is 1. The molecule has 1 amide bonds. The lowest BCUT2D eigenvalue weighted by Crippen LogP contribution is -2.46. The van der Waals surface area contributed by atoms with Gasteiger partial charge in [-0.25, -0.2) is 14.0 Å². The van der Waals surface area contributed by atoms with Crippen molar-refractivity contribution in [2.45, 2.75) is 31.6 Å². The van der Waals surface area contributed by atoms with Crippen molar-refractivity contribution in [3.63, 3.8) is 0 Å². The van der Waals surface area contributed by atoms with Gasteiger partial charge in [0.25, 0.3) is 0 Å². The van der Waals surface area contributed by atoms with Gasteiger partial charge in [0.2, 0.25) is 0 Å². The lowest BCUT2D eigenvalue weighted by Gasteiger charge is -2.37. The maximum atomic E-state index is 13.4. The maximum Gasteiger partial charge on any atom is 0.415 e. The van der Waals surface area contributed by atoms with Crippen molar-refractivity contribution in [2.75, 3.05) is 31.6 Å². The summed E-state index contributed by atoms with van der Waals surface area (Å²) in [6.07, 6.45) is 1.05. The second kappa shape index (κ2) is 10.3. The number of hydrogen-bond acceptors (Lipinski definition) is 5. The molecule has 2 heterocycles. The Labute approximate surface area is 215 Å². The van der Waals surface area contributed by atoms with Crippen LogP contribution in [0.1, 0.15) is 34.3 Å². The molecule has 0 aliphatic carbocycles. The molecule has 0 radical (unpaired) electrons. The molecule has 0 atom stereocenters. The number of anilines is 1. The largest absolute Gasteiger partial charge is 0.478 e. The zero-order chi connectivity index (χ0) is 26.0. The van der Waals surface area contributed by atoms with Gasteiger partial charge < -0.3 is 14.6 Å². The monoisotopic (exact) mass is 504 g/mol. The molecule has 7 nitrogen and oxygen atoms in total. The normalized spacial score (nSPS) is 17.2. The number of hydrogen-bond donors (Lipinski definition) is 1. The van der Waals surface area contributed by atoms with E-state index < -0.39 is 17.7 Å². The van der Waals surface area contributed by atoms with E-state index in [0.717, 1.165) is 54.7 Å². The first-order chi connectivity index (χ1) is 17.9. The number of amides is 1. The number of carboxylic acids is 1. The molecule has 0 aromatic heterocycles. The summed E-state index contributed by atoms with van der Waals surface area (Å²) in [5.41, 5.74) is 4.47. The summed E-state index contributed by atoms with van der Waals surface area (Å²) in [5.74, 6) is -1.26. The third-order valence-electron chi connectivity index (χ3n) is 7.19. The number of carboxylic acid groups (broad SMARTS) is 1. The first-order valence-corrected chi connectivity index (χ1v) is 12.3. The van der Waals surface area contributed by atoms with Crippen LogP contribution in [0.25, 0.3) is 11.1 Å². The number of piperidine rings is 1. The molecule has 192 valence electrons. The Balaban J connectivity index is 1.23. The fourth-order valence-corrected chi connectivity index (χ4v) is 5.17. The SMILES string of the molecule is COCc1cc(CN2CCC3(CC2)CN(c2ccc(C(=O)O)cc2)C(=O)O3)ccc1-c1ccc(F)cc1. The van der Waals surface area contributed by atoms with Crippen molar-refractivity contribution in [3.05, 3.63) is 89.2 Å². The van der Waals surface area contributed by atoms with Crippen molar-refractivity contribution in [2.24, 2.45) is 0 Å². The summed E-state index contributed by atoms with van der Waals surface area (Å²) in [5, 5.41) is 9.11. The average molecular weight is 505 g/mol. The minimum Gasteiger partial charge on any atom is -0.478 e. The molecule has 1 spiro atoms. The quantitative estimate of drug-likeness (QED) is 0.469. The third kappa shape index (κ3) is 5.35. The standard InChI is InChI=1S/C29H29FN2O5/c1-36-18-23-16-20(2-11-26(23)21-3-7-24(30)8-4-21)17-31-14-12-29(13-15-31)19-32(28(35)37-29)25-9-5-22(6-10-25)27(33)34/h2-11,16H,12-15,17-19H2,1H3,(H,33,34). The molecule has 2 fully saturated rings. The van der Waals surface area contributed by atoms with E-state index in [-0.39, 0.29) is 11.4 Å². The van der Waals surface area contributed by atoms with E-state index in [1.54, 1.807) is 36.3 Å². The minimum atomic E-state index is -1.00. The Hall–Kier alpha value is -3.75. The van der Waals surface area contributed by atoms with Gasteiger partial charge in [-0.2, -0.15) is 0 Å². The van der Waals surface area contributed by atoms with Crippen LogP contribution in [0.15, 0.2) is 66.7 Å². The molecule has 0 saturated carbocycles. The van der Waals surface area contributed by atoms with Gasteiger partial charge in [-0.1, -0.05) is 30.3 Å². The number of likely N-dealkylation sites (tertiary alicyclic amines) is 1. The number of aromatic carboxylic acids is 1. The number of carbonyl (C=O) groups excluding carboxylic acids is 1. The molecular formula is C29H29FN2O5. The average Bonchev–Trinajstić information content (AvgIpc) is 3.22. The molecule has 0 bridgehead atoms. The highest BCUT2D eigenvalue weighted by Crippen LogP contribution is 2.36. The fraction of sp³-hybridized carbons (Fsp3) is 0.310. The van der Waals surface area contributed by atoms with Crippen molar-refractivity contribution in [3.8, 4) is 11.1 Å². The zero-order valence-corrected chi connectivity index (χ0v) is 20.7. The summed E-state index contributed by atoms with van der Waals surface area (Å²) in [6, 6.07) is 19.1. The molecule has 1 N–H and O–H groups in total. The van der Waals surface area contributed by atoms with Crippen molar-refractivity contribution in [1.82, 2.24) is 4.90 Å². The summed E-state index contributed by atoms with van der Waals surface area (Å²) in [6.45, 7) is 3.26. The summed E-state index contributed by atoms with van der Waals surface area (Å²) in [7, 11) is 1.66. The van der Waals surface area contributed by atoms with Gasteiger partial charge >= 0.3 is 12.1 Å². The van der Waals surface area contributed by atoms with Crippen molar-refractivity contribution in [1.29, 1.82) is 0 Å². The van der Waals surface area contributed by atoms with Crippen LogP contribution < -0.4 is 4.90 Å². The Kier molecular flexibility index (Phi) is 6.95. The van der Waals surface area contributed by atoms with Crippen LogP contribution in [-0.2, 0) is 22.6 Å². The molecule has 37 heavy (non-hydrogen) atoms. The Bertz CT molecular complexity index is 1280. The van der Waals surface area contributed by atoms with Gasteiger partial charge in [-0.15, -0.1) is 0 Å². The molecule has 0 unspecified atom stereocenters. The van der Waals surface area contributed by atoms with E-state index in [9.17, 15) is 14.0 Å². The molecule has 2 saturated heterocycles. The summed E-state index contributed by atoms with van der Waals surface area (Å²) in [4.78, 5) is 27.7. The van der Waals surface area contributed by atoms with E-state index in [1.165, 1.54) is 24.3 Å². The molecular weight excluding hydrogens is 475 g/mol. The number of carbonyl (C=O) groups is 2. The van der Waals surface area contributed by atoms with Crippen molar-refractivity contribution < 1.29 is 28.6 Å². The van der Waals surface area contributed by atoms with Gasteiger partial charge in [0.05, 0.1) is 18.7 Å². The van der Waals surface area contributed by atoms with Gasteiger partial charge in [0.1, 0.15) is 11.4 Å². The Morgan fingerprint density at radius 3 is 2.41 bits per heavy atom. The molecule has 5 rings (SSSR count). The first kappa shape index (κ1) is 24.9. The van der Waals surface area contributed by atoms with Gasteiger partial charge in [0, 0.05) is 45.3 Å². The highest BCUT2D eigenvalue weighted by atomic mass is 19.1. The summed E-state index contributed by atoms with van der Waals surface area (Å²) >= 11 is 0. The number of methoxy groups -OCH3 is 1. The fourth-order valence-electron chi connectivity index (χ4n) is 5.17. The lowest BCUT2D eigenvalue weighted by atomic mass is 9.90. The van der Waals surface area contributed by atoms with E-state index in [1.807, 2.05) is 0 Å². The minimum absolute atomic E-state index is 0.179. The second-order valence-electron chi connectivity index (χ2n) is 9.70. The highest BCUT2D eigenvalue weighted by molar-refractivity contribution is 5.92. The number of benzene rings is 3. The Morgan fingerprint density at radius 1 is 1.05 bits per heavy atom. The predicted molar refractivity (Wildman–Crippen MR) is 137 cm³/mol. The number of nitrogens with zero attached hydrogens (tertiary/aromatic N) is 2. The predicted octanol–water partition coefficient (Wildman–Crippen LogP) is 5.33. The lowest BCUT2D eigenvalue weighted by molar-refractivity contribution is -0.000988. The van der Waals surface area contributed by atoms with Crippen molar-refractivity contribution >= 4 is 17.7 Å². The third-order valence-corrected chi connectivity index (χ3v) is 7.19. The van der Waals surface area contributed by atoms with Crippen LogP contribution in [0, 0.1) is 5.82 Å². The van der Waals surface area contributed by atoms with E-state index in [2.05, 4.69) is 23.1 Å². The van der Waals surface area contributed by atoms with Crippen LogP contribution >= 0.6 is 0 Å². The number of ether oxygens (including phenoxy) is 2. The molecule has 2 aliphatic rings. The smallest absolute Gasteiger partial charge is 0.415 e. The molecule has 8 heteroatoms. The topological polar surface area (TPSA) is 79.3 Å². The molecule has 2 aliphatic heterocycles. The Morgan fingerprint density at radius 2 is 1.76 bits per heavy atom. The van der Waals surface area contributed by atoms with Crippen LogP contribution in [0.2, 0.25) is 0 Å². The van der Waals surface area contributed by atoms with Gasteiger partial charge in [-0.3, -0.25) is 9.80 Å². The first-order valence-electron chi connectivity index (χ1n) is 12.3. The second-order valence-corrected chi connectivity index (χ2v) is 9.70. The number of rotatable bonds is 7. The molecule has 3 aromatic carbocycles. The van der Waals surface area contributed by atoms with Crippen LogP contribution in [0.3, 0.4) is 0 Å². The van der Waals surface area contributed by atoms with Gasteiger partial charge in [0.15, 0.2) is 0 Å². The van der Waals surface area contributed by atoms with Crippen LogP contribution in [0.4, 0.5) is 14.9 Å². The van der Waals surface area contributed by atoms with Crippen LogP contribution in [-0.4, -0.2) is 54.4 Å². The summed E-state index contributed by atoms with van der Waals surface area (Å²) < 4.78 is 24.7. The molecule has 3 aromatic rings. The highest BCUT2D eigenvalue weighted by Gasteiger charge is 2.47. The zero-order valence-electron chi connectivity index (χ0n) is 20.7. The van der Waals surface area contributed by atoms with Gasteiger partial charge in [-0.05, 0) is 58.7 Å². The van der Waals surface area contributed by atoms with Crippen LogP contribution in [0.5, 0.6) is 0 Å². The maximum absolute atomic E-state index is 13.4.